The first-order valence-corrected chi connectivity index (χ1v) is 12.8. The number of nitrogens with zero attached hydrogens (tertiary/aromatic N) is 3. The average molecular weight is 562 g/mol. The molecule has 0 radical (unpaired) electrons. The number of ether oxygens (including phenoxy) is 4. The second-order valence-corrected chi connectivity index (χ2v) is 10.0. The summed E-state index contributed by atoms with van der Waals surface area (Å²) in [4.78, 5) is 41.9. The number of imidazole rings is 1. The minimum Gasteiger partial charge on any atom is -0.462 e. The van der Waals surface area contributed by atoms with Crippen LogP contribution in [-0.4, -0.2) is 51.1 Å². The van der Waals surface area contributed by atoms with E-state index in [1.54, 1.807) is 39.0 Å². The molecular weight excluding hydrogens is 533 g/mol. The Labute approximate surface area is 234 Å². The zero-order valence-electron chi connectivity index (χ0n) is 22.6. The molecule has 1 fully saturated rings. The first-order chi connectivity index (χ1) is 19.6. The number of nitrogens with one attached hydrogen (secondary N) is 1. The molecule has 4 aromatic rings. The van der Waals surface area contributed by atoms with Crippen molar-refractivity contribution in [1.82, 2.24) is 19.9 Å². The van der Waals surface area contributed by atoms with Crippen molar-refractivity contribution in [3.05, 3.63) is 78.5 Å². The van der Waals surface area contributed by atoms with Gasteiger partial charge in [-0.05, 0) is 63.2 Å². The molecule has 0 atom stereocenters. The molecule has 3 heterocycles. The zero-order valence-corrected chi connectivity index (χ0v) is 22.6. The molecule has 0 unspecified atom stereocenters. The number of aromatic amines is 1. The van der Waals surface area contributed by atoms with Crippen LogP contribution >= 0.6 is 0 Å². The number of carbonyl (C=O) groups excluding carboxylic acids is 2. The van der Waals surface area contributed by atoms with Gasteiger partial charge in [-0.1, -0.05) is 18.2 Å². The van der Waals surface area contributed by atoms with E-state index in [0.717, 1.165) is 0 Å². The number of nitrogens with two attached hydrogens (primary N) is 1. The highest BCUT2D eigenvalue weighted by atomic mass is 19.1. The zero-order chi connectivity index (χ0) is 29.2. The van der Waals surface area contributed by atoms with Crippen molar-refractivity contribution in [2.45, 2.75) is 32.7 Å². The normalized spacial score (nSPS) is 20.5. The van der Waals surface area contributed by atoms with Gasteiger partial charge < -0.3 is 29.7 Å². The Balaban J connectivity index is 1.55. The maximum absolute atomic E-state index is 13.8. The molecule has 0 saturated carbocycles. The van der Waals surface area contributed by atoms with Crippen LogP contribution in [0.5, 0.6) is 11.8 Å². The molecule has 0 aliphatic carbocycles. The lowest BCUT2D eigenvalue weighted by atomic mass is 9.91. The van der Waals surface area contributed by atoms with Crippen molar-refractivity contribution < 1.29 is 32.9 Å². The summed E-state index contributed by atoms with van der Waals surface area (Å²) >= 11 is 0. The second-order valence-electron chi connectivity index (χ2n) is 10.0. The Morgan fingerprint density at radius 1 is 1.02 bits per heavy atom. The molecule has 1 aliphatic heterocycles. The lowest BCUT2D eigenvalue weighted by molar-refractivity contribution is -0.294. The third-order valence-corrected chi connectivity index (χ3v) is 6.32. The highest BCUT2D eigenvalue weighted by Gasteiger charge is 2.54. The molecule has 2 aromatic carbocycles. The Kier molecular flexibility index (Phi) is 7.52. The molecule has 12 heteroatoms. The molecule has 2 aromatic heterocycles. The van der Waals surface area contributed by atoms with Crippen LogP contribution in [0.4, 0.5) is 4.39 Å². The number of primary amides is 1. The smallest absolute Gasteiger partial charge is 0.322 e. The van der Waals surface area contributed by atoms with Gasteiger partial charge in [0.15, 0.2) is 5.82 Å². The van der Waals surface area contributed by atoms with Gasteiger partial charge in [-0.2, -0.15) is 4.98 Å². The fourth-order valence-electron chi connectivity index (χ4n) is 4.13. The van der Waals surface area contributed by atoms with Gasteiger partial charge in [0.25, 0.3) is 5.91 Å². The minimum atomic E-state index is -2.15. The number of hydrogen-bond acceptors (Lipinski definition) is 9. The standard InChI is InChI=1S/C29H28FN5O6/c1-17(2)40-26(37)28(3)15-38-29(24(31)36,39-16-28)25-34-22(18-9-11-19(30)12-10-18)23(35-25)21-13-14-32-27(33-21)41-20-7-5-4-6-8-20/h4-14,17H,15-16H2,1-3H3,(H2,31,36)(H,34,35). The summed E-state index contributed by atoms with van der Waals surface area (Å²) in [5, 5.41) is 0. The van der Waals surface area contributed by atoms with E-state index in [-0.39, 0.29) is 31.2 Å². The lowest BCUT2D eigenvalue weighted by Crippen LogP contribution is -2.56. The molecule has 5 rings (SSSR count). The molecule has 1 aliphatic rings. The van der Waals surface area contributed by atoms with E-state index in [9.17, 15) is 14.0 Å². The molecule has 212 valence electrons. The maximum Gasteiger partial charge on any atom is 0.322 e. The van der Waals surface area contributed by atoms with Crippen molar-refractivity contribution in [2.24, 2.45) is 11.1 Å². The van der Waals surface area contributed by atoms with Gasteiger partial charge in [-0.25, -0.2) is 14.4 Å². The van der Waals surface area contributed by atoms with Crippen molar-refractivity contribution in [3.8, 4) is 34.4 Å². The number of para-hydroxylation sites is 1. The molecular formula is C29H28FN5O6. The van der Waals surface area contributed by atoms with E-state index in [0.29, 0.717) is 28.4 Å². The lowest BCUT2D eigenvalue weighted by Gasteiger charge is -2.40. The summed E-state index contributed by atoms with van der Waals surface area (Å²) < 4.78 is 36.6. The predicted molar refractivity (Wildman–Crippen MR) is 144 cm³/mol. The molecule has 0 spiro atoms. The van der Waals surface area contributed by atoms with Crippen LogP contribution in [0, 0.1) is 11.2 Å². The van der Waals surface area contributed by atoms with Crippen LogP contribution in [-0.2, 0) is 29.6 Å². The van der Waals surface area contributed by atoms with E-state index >= 15 is 0 Å². The molecule has 1 amide bonds. The number of benzene rings is 2. The van der Waals surface area contributed by atoms with Crippen LogP contribution in [0.2, 0.25) is 0 Å². The van der Waals surface area contributed by atoms with Gasteiger partial charge in [0.1, 0.15) is 17.0 Å². The second kappa shape index (κ2) is 11.1. The summed E-state index contributed by atoms with van der Waals surface area (Å²) in [5.41, 5.74) is 6.11. The van der Waals surface area contributed by atoms with E-state index in [2.05, 4.69) is 19.9 Å². The number of rotatable bonds is 8. The Bertz CT molecular complexity index is 1550. The number of carbonyl (C=O) groups is 2. The highest BCUT2D eigenvalue weighted by Crippen LogP contribution is 2.40. The average Bonchev–Trinajstić information content (AvgIpc) is 3.40. The molecule has 11 nitrogen and oxygen atoms in total. The third kappa shape index (κ3) is 5.65. The molecule has 0 bridgehead atoms. The summed E-state index contributed by atoms with van der Waals surface area (Å²) in [6.07, 6.45) is 1.15. The summed E-state index contributed by atoms with van der Waals surface area (Å²) in [6, 6.07) is 16.3. The van der Waals surface area contributed by atoms with Crippen LogP contribution in [0.1, 0.15) is 26.6 Å². The number of aromatic nitrogens is 4. The van der Waals surface area contributed by atoms with Crippen LogP contribution in [0.25, 0.3) is 22.6 Å². The van der Waals surface area contributed by atoms with Crippen molar-refractivity contribution in [3.63, 3.8) is 0 Å². The maximum atomic E-state index is 13.8. The van der Waals surface area contributed by atoms with E-state index < -0.39 is 28.9 Å². The van der Waals surface area contributed by atoms with E-state index in [4.69, 9.17) is 24.7 Å². The van der Waals surface area contributed by atoms with Gasteiger partial charge in [-0.15, -0.1) is 0 Å². The summed E-state index contributed by atoms with van der Waals surface area (Å²) in [6.45, 7) is 4.60. The monoisotopic (exact) mass is 561 g/mol. The molecule has 41 heavy (non-hydrogen) atoms. The number of hydrogen-bond donors (Lipinski definition) is 2. The van der Waals surface area contributed by atoms with Gasteiger partial charge in [0, 0.05) is 11.8 Å². The minimum absolute atomic E-state index is 0.0594. The Morgan fingerprint density at radius 3 is 2.34 bits per heavy atom. The fourth-order valence-corrected chi connectivity index (χ4v) is 4.13. The molecule has 3 N–H and O–H groups in total. The van der Waals surface area contributed by atoms with E-state index in [1.165, 1.54) is 30.5 Å². The van der Waals surface area contributed by atoms with Crippen LogP contribution in [0.15, 0.2) is 66.9 Å². The Hall–Kier alpha value is -4.68. The van der Waals surface area contributed by atoms with Gasteiger partial charge >= 0.3 is 17.8 Å². The van der Waals surface area contributed by atoms with Crippen molar-refractivity contribution in [1.29, 1.82) is 0 Å². The predicted octanol–water partition coefficient (Wildman–Crippen LogP) is 4.11. The van der Waals surface area contributed by atoms with Crippen molar-refractivity contribution in [2.75, 3.05) is 13.2 Å². The topological polar surface area (TPSA) is 152 Å². The number of H-pyrrole nitrogens is 1. The first-order valence-electron chi connectivity index (χ1n) is 12.8. The van der Waals surface area contributed by atoms with E-state index in [1.807, 2.05) is 18.2 Å². The summed E-state index contributed by atoms with van der Waals surface area (Å²) in [5.74, 6) is -3.66. The number of halogens is 1. The largest absolute Gasteiger partial charge is 0.462 e. The first kappa shape index (κ1) is 27.9. The SMILES string of the molecule is CC(C)OC(=O)C1(C)COC(C(N)=O)(c2nc(-c3ccc(F)cc3)c(-c3ccnc(Oc4ccccc4)n3)[nH]2)OC1. The van der Waals surface area contributed by atoms with Crippen LogP contribution < -0.4 is 10.5 Å². The van der Waals surface area contributed by atoms with Gasteiger partial charge in [-0.3, -0.25) is 9.59 Å². The molecule has 1 saturated heterocycles. The quantitative estimate of drug-likeness (QED) is 0.303. The third-order valence-electron chi connectivity index (χ3n) is 6.32. The fraction of sp³-hybridized carbons (Fsp3) is 0.276. The number of esters is 1. The van der Waals surface area contributed by atoms with Crippen LogP contribution in [0.3, 0.4) is 0 Å². The highest BCUT2D eigenvalue weighted by molar-refractivity contribution is 5.85. The van der Waals surface area contributed by atoms with Gasteiger partial charge in [0.05, 0.1) is 36.4 Å². The van der Waals surface area contributed by atoms with Gasteiger partial charge in [0.2, 0.25) is 0 Å². The summed E-state index contributed by atoms with van der Waals surface area (Å²) in [7, 11) is 0. The number of amides is 1. The Morgan fingerprint density at radius 2 is 1.71 bits per heavy atom. The van der Waals surface area contributed by atoms with Crippen molar-refractivity contribution >= 4 is 11.9 Å².